The van der Waals surface area contributed by atoms with E-state index in [0.717, 1.165) is 29.5 Å². The van der Waals surface area contributed by atoms with E-state index in [2.05, 4.69) is 10.9 Å². The van der Waals surface area contributed by atoms with E-state index in [4.69, 9.17) is 0 Å². The minimum atomic E-state index is -0.926. The molecule has 0 aromatic heterocycles. The van der Waals surface area contributed by atoms with Gasteiger partial charge in [0.1, 0.15) is 5.75 Å². The number of amides is 1. The minimum absolute atomic E-state index is 0.176. The van der Waals surface area contributed by atoms with Crippen LogP contribution in [0.1, 0.15) is 37.7 Å². The molecule has 0 saturated heterocycles. The van der Waals surface area contributed by atoms with Crippen molar-refractivity contribution in [3.63, 3.8) is 0 Å². The number of phenolic OH excluding ortho intramolecular Hbond substituents is 1. The molecule has 0 saturated carbocycles. The number of hydrogen-bond acceptors (Lipinski definition) is 4. The zero-order chi connectivity index (χ0) is 19.9. The first-order valence-electron chi connectivity index (χ1n) is 9.41. The van der Waals surface area contributed by atoms with Crippen molar-refractivity contribution in [3.05, 3.63) is 65.4 Å². The predicted molar refractivity (Wildman–Crippen MR) is 106 cm³/mol. The van der Waals surface area contributed by atoms with Crippen LogP contribution in [-0.4, -0.2) is 22.1 Å². The number of hydrazine groups is 1. The highest BCUT2D eigenvalue weighted by Gasteiger charge is 2.18. The number of aliphatic carboxylic acids is 1. The van der Waals surface area contributed by atoms with Crippen LogP contribution in [0.25, 0.3) is 11.1 Å². The second-order valence-electron chi connectivity index (χ2n) is 6.89. The molecule has 28 heavy (non-hydrogen) atoms. The summed E-state index contributed by atoms with van der Waals surface area (Å²) < 4.78 is 0. The van der Waals surface area contributed by atoms with Crippen LogP contribution in [0.5, 0.6) is 5.75 Å². The van der Waals surface area contributed by atoms with Crippen molar-refractivity contribution in [1.29, 1.82) is 0 Å². The van der Waals surface area contributed by atoms with Gasteiger partial charge in [0.15, 0.2) is 0 Å². The Kier molecular flexibility index (Phi) is 6.32. The van der Waals surface area contributed by atoms with Gasteiger partial charge in [-0.1, -0.05) is 36.4 Å². The van der Waals surface area contributed by atoms with E-state index in [-0.39, 0.29) is 11.7 Å². The minimum Gasteiger partial charge on any atom is -0.508 e. The van der Waals surface area contributed by atoms with Crippen LogP contribution in [0.15, 0.2) is 59.8 Å². The maximum atomic E-state index is 12.1. The third-order valence-electron chi connectivity index (χ3n) is 4.87. The summed E-state index contributed by atoms with van der Waals surface area (Å²) in [6, 6.07) is 15.0. The quantitative estimate of drug-likeness (QED) is 0.551. The lowest BCUT2D eigenvalue weighted by atomic mass is 9.97. The first-order valence-corrected chi connectivity index (χ1v) is 9.41. The third kappa shape index (κ3) is 5.13. The van der Waals surface area contributed by atoms with E-state index >= 15 is 0 Å². The van der Waals surface area contributed by atoms with Crippen molar-refractivity contribution in [2.24, 2.45) is 0 Å². The van der Waals surface area contributed by atoms with Gasteiger partial charge in [-0.3, -0.25) is 10.2 Å². The standard InChI is InChI=1S/C22H24N2O4/c25-18-12-10-17(11-13-18)16-8-5-15(6-9-16)7-14-21(26)24-23-20-4-2-1-3-19(20)22(27)28/h5-6,8-13,23,25H,1-4,7,14H2,(H,24,26)(H,27,28). The number of carboxylic acids is 1. The van der Waals surface area contributed by atoms with Gasteiger partial charge in [0, 0.05) is 12.1 Å². The highest BCUT2D eigenvalue weighted by molar-refractivity contribution is 5.87. The van der Waals surface area contributed by atoms with Gasteiger partial charge in [-0.25, -0.2) is 4.79 Å². The Morgan fingerprint density at radius 2 is 1.50 bits per heavy atom. The molecule has 1 aliphatic carbocycles. The van der Waals surface area contributed by atoms with E-state index in [1.165, 1.54) is 0 Å². The number of rotatable bonds is 7. The molecule has 2 aromatic carbocycles. The van der Waals surface area contributed by atoms with Gasteiger partial charge in [0.25, 0.3) is 0 Å². The molecule has 0 radical (unpaired) electrons. The summed E-state index contributed by atoms with van der Waals surface area (Å²) in [5, 5.41) is 18.6. The molecule has 146 valence electrons. The summed E-state index contributed by atoms with van der Waals surface area (Å²) in [6.07, 6.45) is 3.85. The van der Waals surface area contributed by atoms with Crippen molar-refractivity contribution in [1.82, 2.24) is 10.9 Å². The molecule has 0 unspecified atom stereocenters. The molecule has 2 aromatic rings. The Hall–Kier alpha value is -3.28. The molecule has 0 heterocycles. The number of carbonyl (C=O) groups is 2. The maximum absolute atomic E-state index is 12.1. The number of allylic oxidation sites excluding steroid dienone is 1. The molecule has 3 rings (SSSR count). The Labute approximate surface area is 163 Å². The molecule has 0 aliphatic heterocycles. The van der Waals surface area contributed by atoms with Crippen LogP contribution in [0.3, 0.4) is 0 Å². The Morgan fingerprint density at radius 1 is 0.893 bits per heavy atom. The average Bonchev–Trinajstić information content (AvgIpc) is 2.72. The number of nitrogens with one attached hydrogen (secondary N) is 2. The summed E-state index contributed by atoms with van der Waals surface area (Å²) in [6.45, 7) is 0. The largest absolute Gasteiger partial charge is 0.508 e. The topological polar surface area (TPSA) is 98.7 Å². The summed E-state index contributed by atoms with van der Waals surface area (Å²) in [4.78, 5) is 23.3. The molecule has 6 nitrogen and oxygen atoms in total. The lowest BCUT2D eigenvalue weighted by Crippen LogP contribution is -2.38. The fraction of sp³-hybridized carbons (Fsp3) is 0.273. The lowest BCUT2D eigenvalue weighted by molar-refractivity contribution is -0.133. The zero-order valence-electron chi connectivity index (χ0n) is 15.6. The fourth-order valence-corrected chi connectivity index (χ4v) is 3.26. The van der Waals surface area contributed by atoms with Crippen molar-refractivity contribution < 1.29 is 19.8 Å². The van der Waals surface area contributed by atoms with E-state index in [9.17, 15) is 19.8 Å². The monoisotopic (exact) mass is 380 g/mol. The van der Waals surface area contributed by atoms with Crippen molar-refractivity contribution in [3.8, 4) is 16.9 Å². The lowest BCUT2D eigenvalue weighted by Gasteiger charge is -2.19. The molecular formula is C22H24N2O4. The van der Waals surface area contributed by atoms with Gasteiger partial charge in [-0.05, 0) is 60.9 Å². The number of phenols is 1. The second-order valence-corrected chi connectivity index (χ2v) is 6.89. The molecule has 1 amide bonds. The van der Waals surface area contributed by atoms with Crippen LogP contribution >= 0.6 is 0 Å². The van der Waals surface area contributed by atoms with Crippen molar-refractivity contribution >= 4 is 11.9 Å². The molecule has 1 aliphatic rings. The van der Waals surface area contributed by atoms with Gasteiger partial charge in [0.2, 0.25) is 5.91 Å². The van der Waals surface area contributed by atoms with Gasteiger partial charge in [-0.2, -0.15) is 0 Å². The van der Waals surface area contributed by atoms with E-state index in [0.29, 0.717) is 37.0 Å². The summed E-state index contributed by atoms with van der Waals surface area (Å²) in [5.41, 5.74) is 9.48. The Morgan fingerprint density at radius 3 is 2.14 bits per heavy atom. The molecular weight excluding hydrogens is 356 g/mol. The van der Waals surface area contributed by atoms with Crippen LogP contribution in [-0.2, 0) is 16.0 Å². The average molecular weight is 380 g/mol. The van der Waals surface area contributed by atoms with Crippen LogP contribution in [0.2, 0.25) is 0 Å². The second kappa shape index (κ2) is 9.08. The van der Waals surface area contributed by atoms with Crippen molar-refractivity contribution in [2.45, 2.75) is 38.5 Å². The summed E-state index contributed by atoms with van der Waals surface area (Å²) in [7, 11) is 0. The van der Waals surface area contributed by atoms with Crippen LogP contribution < -0.4 is 10.9 Å². The van der Waals surface area contributed by atoms with E-state index in [1.807, 2.05) is 36.4 Å². The molecule has 0 atom stereocenters. The number of hydrogen-bond donors (Lipinski definition) is 4. The number of aryl methyl sites for hydroxylation is 1. The number of carboxylic acid groups (broad SMARTS) is 1. The van der Waals surface area contributed by atoms with E-state index in [1.54, 1.807) is 12.1 Å². The maximum Gasteiger partial charge on any atom is 0.333 e. The predicted octanol–water partition coefficient (Wildman–Crippen LogP) is 3.53. The number of benzene rings is 2. The van der Waals surface area contributed by atoms with Crippen molar-refractivity contribution in [2.75, 3.05) is 0 Å². The molecule has 4 N–H and O–H groups in total. The number of carbonyl (C=O) groups excluding carboxylic acids is 1. The first-order chi connectivity index (χ1) is 13.5. The highest BCUT2D eigenvalue weighted by Crippen LogP contribution is 2.23. The fourth-order valence-electron chi connectivity index (χ4n) is 3.26. The summed E-state index contributed by atoms with van der Waals surface area (Å²) in [5.74, 6) is -0.866. The van der Waals surface area contributed by atoms with Gasteiger partial charge < -0.3 is 15.6 Å². The SMILES string of the molecule is O=C(CCc1ccc(-c2ccc(O)cc2)cc1)NNC1=C(C(=O)O)CCCC1. The van der Waals surface area contributed by atoms with Crippen LogP contribution in [0, 0.1) is 0 Å². The number of aromatic hydroxyl groups is 1. The van der Waals surface area contributed by atoms with Gasteiger partial charge in [0.05, 0.1) is 5.57 Å². The third-order valence-corrected chi connectivity index (χ3v) is 4.87. The Bertz CT molecular complexity index is 870. The normalized spacial score (nSPS) is 13.9. The van der Waals surface area contributed by atoms with Gasteiger partial charge >= 0.3 is 5.97 Å². The van der Waals surface area contributed by atoms with E-state index < -0.39 is 5.97 Å². The van der Waals surface area contributed by atoms with Gasteiger partial charge in [-0.15, -0.1) is 0 Å². The zero-order valence-corrected chi connectivity index (χ0v) is 15.6. The molecule has 6 heteroatoms. The molecule has 0 spiro atoms. The molecule has 0 bridgehead atoms. The smallest absolute Gasteiger partial charge is 0.333 e. The van der Waals surface area contributed by atoms with Crippen LogP contribution in [0.4, 0.5) is 0 Å². The molecule has 0 fully saturated rings. The highest BCUT2D eigenvalue weighted by atomic mass is 16.4. The Balaban J connectivity index is 1.50. The summed E-state index contributed by atoms with van der Waals surface area (Å²) >= 11 is 0. The first kappa shape index (κ1) is 19.5.